The maximum Gasteiger partial charge on any atom is 0.237 e. The summed E-state index contributed by atoms with van der Waals surface area (Å²) in [5, 5.41) is 9.45. The van der Waals surface area contributed by atoms with E-state index in [9.17, 15) is 9.90 Å². The van der Waals surface area contributed by atoms with Crippen molar-refractivity contribution in [1.29, 1.82) is 0 Å². The summed E-state index contributed by atoms with van der Waals surface area (Å²) in [6.07, 6.45) is 5.36. The van der Waals surface area contributed by atoms with Crippen LogP contribution in [-0.2, 0) is 9.53 Å². The zero-order valence-electron chi connectivity index (χ0n) is 15.1. The van der Waals surface area contributed by atoms with Gasteiger partial charge in [0.25, 0.3) is 0 Å². The summed E-state index contributed by atoms with van der Waals surface area (Å²) in [6.45, 7) is 1.84. The molecule has 2 fully saturated rings. The first-order chi connectivity index (χ1) is 12.2. The number of benzene rings is 1. The van der Waals surface area contributed by atoms with Gasteiger partial charge in [-0.05, 0) is 31.9 Å². The van der Waals surface area contributed by atoms with Crippen LogP contribution < -0.4 is 0 Å². The summed E-state index contributed by atoms with van der Waals surface area (Å²) in [5.41, 5.74) is 1.14. The number of aliphatic hydroxyl groups excluding tert-OH is 1. The van der Waals surface area contributed by atoms with Gasteiger partial charge in [-0.3, -0.25) is 9.69 Å². The quantitative estimate of drug-likeness (QED) is 0.858. The summed E-state index contributed by atoms with van der Waals surface area (Å²) >= 11 is 0. The second-order valence-corrected chi connectivity index (χ2v) is 7.20. The predicted octanol–water partition coefficient (Wildman–Crippen LogP) is 2.21. The molecule has 25 heavy (non-hydrogen) atoms. The Morgan fingerprint density at radius 2 is 2.08 bits per heavy atom. The molecular weight excluding hydrogens is 316 g/mol. The lowest BCUT2D eigenvalue weighted by Crippen LogP contribution is -2.56. The molecule has 1 amide bonds. The molecule has 3 atom stereocenters. The molecule has 0 aromatic heterocycles. The molecule has 1 saturated heterocycles. The standard InChI is InChI=1S/C20H30N2O3/c1-21(17(11-13-23)16-7-3-2-4-8-16)15-20(24)22-12-14-25-19-10-6-5-9-18(19)22/h2-4,7-8,17-19,23H,5-6,9-15H2,1H3. The van der Waals surface area contributed by atoms with Crippen LogP contribution in [0.25, 0.3) is 0 Å². The zero-order valence-corrected chi connectivity index (χ0v) is 15.1. The topological polar surface area (TPSA) is 53.0 Å². The van der Waals surface area contributed by atoms with Crippen LogP contribution in [0.3, 0.4) is 0 Å². The fourth-order valence-electron chi connectivity index (χ4n) is 4.26. The number of amides is 1. The highest BCUT2D eigenvalue weighted by Crippen LogP contribution is 2.29. The lowest BCUT2D eigenvalue weighted by atomic mass is 9.90. The Hall–Kier alpha value is -1.43. The van der Waals surface area contributed by atoms with Gasteiger partial charge in [-0.2, -0.15) is 0 Å². The molecule has 1 aromatic rings. The first-order valence-electron chi connectivity index (χ1n) is 9.48. The van der Waals surface area contributed by atoms with E-state index in [0.717, 1.165) is 18.4 Å². The van der Waals surface area contributed by atoms with Crippen molar-refractivity contribution in [2.75, 3.05) is 33.4 Å². The van der Waals surface area contributed by atoms with E-state index in [4.69, 9.17) is 4.74 Å². The first kappa shape index (κ1) is 18.4. The van der Waals surface area contributed by atoms with E-state index in [0.29, 0.717) is 26.1 Å². The Balaban J connectivity index is 1.65. The van der Waals surface area contributed by atoms with Gasteiger partial charge in [0, 0.05) is 19.2 Å². The van der Waals surface area contributed by atoms with Crippen molar-refractivity contribution < 1.29 is 14.6 Å². The maximum absolute atomic E-state index is 13.0. The molecule has 0 bridgehead atoms. The van der Waals surface area contributed by atoms with Gasteiger partial charge in [0.05, 0.1) is 25.3 Å². The van der Waals surface area contributed by atoms with Gasteiger partial charge < -0.3 is 14.7 Å². The number of hydrogen-bond donors (Lipinski definition) is 1. The monoisotopic (exact) mass is 346 g/mol. The molecule has 1 heterocycles. The average molecular weight is 346 g/mol. The molecular formula is C20H30N2O3. The number of fused-ring (bicyclic) bond motifs is 1. The number of carbonyl (C=O) groups excluding carboxylic acids is 1. The van der Waals surface area contributed by atoms with Crippen LogP contribution in [0.15, 0.2) is 30.3 Å². The molecule has 0 radical (unpaired) electrons. The van der Waals surface area contributed by atoms with Gasteiger partial charge >= 0.3 is 0 Å². The van der Waals surface area contributed by atoms with Crippen molar-refractivity contribution in [1.82, 2.24) is 9.80 Å². The van der Waals surface area contributed by atoms with Gasteiger partial charge in [0.2, 0.25) is 5.91 Å². The number of aliphatic hydroxyl groups is 1. The SMILES string of the molecule is CN(CC(=O)N1CCOC2CCCCC21)C(CCO)c1ccccc1. The molecule has 3 unspecified atom stereocenters. The lowest BCUT2D eigenvalue weighted by Gasteiger charge is -2.44. The highest BCUT2D eigenvalue weighted by Gasteiger charge is 2.37. The molecule has 1 aliphatic carbocycles. The number of ether oxygens (including phenoxy) is 1. The molecule has 1 aliphatic heterocycles. The molecule has 1 saturated carbocycles. The third-order valence-corrected chi connectivity index (χ3v) is 5.56. The minimum atomic E-state index is 0.0540. The van der Waals surface area contributed by atoms with Crippen LogP contribution in [0, 0.1) is 0 Å². The van der Waals surface area contributed by atoms with E-state index in [1.807, 2.05) is 30.1 Å². The maximum atomic E-state index is 13.0. The molecule has 1 aromatic carbocycles. The summed E-state index contributed by atoms with van der Waals surface area (Å²) in [7, 11) is 1.98. The van der Waals surface area contributed by atoms with E-state index in [1.54, 1.807) is 0 Å². The van der Waals surface area contributed by atoms with Crippen molar-refractivity contribution in [3.63, 3.8) is 0 Å². The van der Waals surface area contributed by atoms with Crippen molar-refractivity contribution in [2.45, 2.75) is 50.3 Å². The molecule has 5 nitrogen and oxygen atoms in total. The lowest BCUT2D eigenvalue weighted by molar-refractivity contribution is -0.150. The highest BCUT2D eigenvalue weighted by molar-refractivity contribution is 5.78. The highest BCUT2D eigenvalue weighted by atomic mass is 16.5. The van der Waals surface area contributed by atoms with Crippen LogP contribution in [0.1, 0.15) is 43.7 Å². The van der Waals surface area contributed by atoms with Crippen LogP contribution in [0.4, 0.5) is 0 Å². The summed E-state index contributed by atoms with van der Waals surface area (Å²) in [4.78, 5) is 17.1. The number of hydrogen-bond acceptors (Lipinski definition) is 4. The normalized spacial score (nSPS) is 24.8. The third kappa shape index (κ3) is 4.40. The van der Waals surface area contributed by atoms with E-state index in [2.05, 4.69) is 17.0 Å². The Labute approximate surface area is 150 Å². The Bertz CT molecular complexity index is 549. The van der Waals surface area contributed by atoms with E-state index in [1.165, 1.54) is 12.8 Å². The van der Waals surface area contributed by atoms with Gasteiger partial charge in [-0.1, -0.05) is 43.2 Å². The zero-order chi connectivity index (χ0) is 17.6. The van der Waals surface area contributed by atoms with Crippen molar-refractivity contribution in [2.24, 2.45) is 0 Å². The molecule has 3 rings (SSSR count). The third-order valence-electron chi connectivity index (χ3n) is 5.56. The average Bonchev–Trinajstić information content (AvgIpc) is 2.66. The Kier molecular flexibility index (Phi) is 6.45. The largest absolute Gasteiger partial charge is 0.396 e. The molecule has 5 heteroatoms. The van der Waals surface area contributed by atoms with Gasteiger partial charge in [-0.15, -0.1) is 0 Å². The van der Waals surface area contributed by atoms with E-state index >= 15 is 0 Å². The van der Waals surface area contributed by atoms with E-state index in [-0.39, 0.29) is 30.7 Å². The predicted molar refractivity (Wildman–Crippen MR) is 97.2 cm³/mol. The van der Waals surface area contributed by atoms with Crippen LogP contribution in [0.2, 0.25) is 0 Å². The Morgan fingerprint density at radius 1 is 1.32 bits per heavy atom. The second kappa shape index (κ2) is 8.79. The van der Waals surface area contributed by atoms with E-state index < -0.39 is 0 Å². The smallest absolute Gasteiger partial charge is 0.237 e. The Morgan fingerprint density at radius 3 is 2.84 bits per heavy atom. The number of morpholine rings is 1. The van der Waals surface area contributed by atoms with Crippen LogP contribution >= 0.6 is 0 Å². The fraction of sp³-hybridized carbons (Fsp3) is 0.650. The number of nitrogens with zero attached hydrogens (tertiary/aromatic N) is 2. The van der Waals surface area contributed by atoms with Crippen molar-refractivity contribution in [3.05, 3.63) is 35.9 Å². The van der Waals surface area contributed by atoms with Crippen LogP contribution in [-0.4, -0.2) is 66.3 Å². The van der Waals surface area contributed by atoms with Crippen LogP contribution in [0.5, 0.6) is 0 Å². The first-order valence-corrected chi connectivity index (χ1v) is 9.48. The summed E-state index contributed by atoms with van der Waals surface area (Å²) < 4.78 is 5.88. The number of rotatable bonds is 6. The summed E-state index contributed by atoms with van der Waals surface area (Å²) in [5.74, 6) is 0.182. The molecule has 1 N–H and O–H groups in total. The minimum absolute atomic E-state index is 0.0540. The fourth-order valence-corrected chi connectivity index (χ4v) is 4.26. The minimum Gasteiger partial charge on any atom is -0.396 e. The van der Waals surface area contributed by atoms with Gasteiger partial charge in [0.1, 0.15) is 0 Å². The molecule has 2 aliphatic rings. The van der Waals surface area contributed by atoms with Crippen molar-refractivity contribution >= 4 is 5.91 Å². The number of likely N-dealkylation sites (N-methyl/N-ethyl adjacent to an activating group) is 1. The van der Waals surface area contributed by atoms with Gasteiger partial charge in [-0.25, -0.2) is 0 Å². The second-order valence-electron chi connectivity index (χ2n) is 7.20. The molecule has 0 spiro atoms. The van der Waals surface area contributed by atoms with Crippen molar-refractivity contribution in [3.8, 4) is 0 Å². The molecule has 138 valence electrons. The summed E-state index contributed by atoms with van der Waals surface area (Å²) in [6, 6.07) is 10.4. The number of carbonyl (C=O) groups is 1. The van der Waals surface area contributed by atoms with Gasteiger partial charge in [0.15, 0.2) is 0 Å².